The highest BCUT2D eigenvalue weighted by molar-refractivity contribution is 8.02. The number of nitrogens with zero attached hydrogens (tertiary/aromatic N) is 5. The summed E-state index contributed by atoms with van der Waals surface area (Å²) in [6.45, 7) is 0.247. The molecule has 0 amide bonds. The predicted molar refractivity (Wildman–Crippen MR) is 97.1 cm³/mol. The summed E-state index contributed by atoms with van der Waals surface area (Å²) in [5.74, 6) is 0. The molecule has 15 heteroatoms. The standard InChI is InChI=1S/C14H14F3N5O6S/c1-29-12(8-20(23)24)18-2-4-19(5-3-18)13-10(21(25)26)6-9(14(15,16)17)7-11(13)22(27)28/h6-8H,2-5H2,1H3. The molecule has 0 aromatic heterocycles. The largest absolute Gasteiger partial charge is 0.416 e. The summed E-state index contributed by atoms with van der Waals surface area (Å²) in [7, 11) is 0. The normalized spacial score (nSPS) is 15.4. The van der Waals surface area contributed by atoms with Crippen LogP contribution in [0.1, 0.15) is 5.56 Å². The van der Waals surface area contributed by atoms with E-state index < -0.39 is 43.6 Å². The van der Waals surface area contributed by atoms with Crippen LogP contribution in [-0.4, -0.2) is 52.1 Å². The van der Waals surface area contributed by atoms with E-state index in [1.807, 2.05) is 0 Å². The fraction of sp³-hybridized carbons (Fsp3) is 0.429. The van der Waals surface area contributed by atoms with Gasteiger partial charge in [-0.05, 0) is 6.26 Å². The van der Waals surface area contributed by atoms with Crippen LogP contribution in [0.4, 0.5) is 30.2 Å². The van der Waals surface area contributed by atoms with Gasteiger partial charge < -0.3 is 9.80 Å². The predicted octanol–water partition coefficient (Wildman–Crippen LogP) is 3.08. The topological polar surface area (TPSA) is 136 Å². The molecule has 1 heterocycles. The Labute approximate surface area is 165 Å². The van der Waals surface area contributed by atoms with Gasteiger partial charge in [-0.1, -0.05) is 0 Å². The molecule has 0 saturated carbocycles. The Hall–Kier alpha value is -3.10. The Kier molecular flexibility index (Phi) is 6.51. The number of hydrogen-bond acceptors (Lipinski definition) is 9. The summed E-state index contributed by atoms with van der Waals surface area (Å²) in [6, 6.07) is 0.545. The number of nitro groups is 3. The number of benzene rings is 1. The molecule has 0 radical (unpaired) electrons. The molecular weight excluding hydrogens is 423 g/mol. The summed E-state index contributed by atoms with van der Waals surface area (Å²) in [4.78, 5) is 33.4. The maximum atomic E-state index is 13.0. The second-order valence-electron chi connectivity index (χ2n) is 5.81. The Bertz CT molecular complexity index is 835. The molecule has 1 aliphatic rings. The molecule has 0 N–H and O–H groups in total. The van der Waals surface area contributed by atoms with E-state index in [2.05, 4.69) is 0 Å². The SMILES string of the molecule is CSC(=C[N+](=O)[O-])N1CCN(c2c([N+](=O)[O-])cc(C(F)(F)F)cc2[N+](=O)[O-])CC1. The van der Waals surface area contributed by atoms with E-state index in [1.54, 1.807) is 11.2 Å². The van der Waals surface area contributed by atoms with E-state index in [9.17, 15) is 43.5 Å². The van der Waals surface area contributed by atoms with E-state index in [4.69, 9.17) is 0 Å². The Balaban J connectivity index is 2.44. The summed E-state index contributed by atoms with van der Waals surface area (Å²) in [5, 5.41) is 33.7. The van der Waals surface area contributed by atoms with Gasteiger partial charge in [0.1, 0.15) is 5.03 Å². The van der Waals surface area contributed by atoms with Crippen LogP contribution in [0.2, 0.25) is 0 Å². The van der Waals surface area contributed by atoms with Gasteiger partial charge >= 0.3 is 6.18 Å². The third kappa shape index (κ3) is 5.04. The minimum Gasteiger partial charge on any atom is -0.358 e. The zero-order valence-electron chi connectivity index (χ0n) is 14.8. The van der Waals surface area contributed by atoms with Gasteiger partial charge in [0.15, 0.2) is 5.69 Å². The van der Waals surface area contributed by atoms with Crippen molar-refractivity contribution >= 4 is 28.8 Å². The van der Waals surface area contributed by atoms with Gasteiger partial charge in [-0.3, -0.25) is 30.3 Å². The lowest BCUT2D eigenvalue weighted by atomic mass is 10.1. The van der Waals surface area contributed by atoms with Crippen molar-refractivity contribution in [2.75, 3.05) is 37.3 Å². The van der Waals surface area contributed by atoms with Crippen molar-refractivity contribution in [3.8, 4) is 0 Å². The zero-order chi connectivity index (χ0) is 21.9. The number of piperazine rings is 1. The maximum Gasteiger partial charge on any atom is 0.416 e. The molecule has 0 spiro atoms. The Morgan fingerprint density at radius 3 is 1.86 bits per heavy atom. The average Bonchev–Trinajstić information content (AvgIpc) is 2.64. The molecule has 0 atom stereocenters. The molecule has 0 aliphatic carbocycles. The zero-order valence-corrected chi connectivity index (χ0v) is 15.6. The van der Waals surface area contributed by atoms with Crippen molar-refractivity contribution in [3.05, 3.63) is 59.3 Å². The summed E-state index contributed by atoms with van der Waals surface area (Å²) in [6.07, 6.45) is -2.58. The molecule has 0 bridgehead atoms. The molecule has 0 unspecified atom stereocenters. The third-order valence-electron chi connectivity index (χ3n) is 4.12. The maximum absolute atomic E-state index is 13.0. The lowest BCUT2D eigenvalue weighted by Gasteiger charge is -2.36. The van der Waals surface area contributed by atoms with E-state index in [1.165, 1.54) is 4.90 Å². The lowest BCUT2D eigenvalue weighted by Crippen LogP contribution is -2.46. The van der Waals surface area contributed by atoms with Crippen molar-refractivity contribution in [1.29, 1.82) is 0 Å². The lowest BCUT2D eigenvalue weighted by molar-refractivity contribution is -0.403. The van der Waals surface area contributed by atoms with Gasteiger partial charge in [0.2, 0.25) is 0 Å². The quantitative estimate of drug-likeness (QED) is 0.486. The van der Waals surface area contributed by atoms with Crippen LogP contribution in [0.15, 0.2) is 23.4 Å². The van der Waals surface area contributed by atoms with Gasteiger partial charge in [-0.25, -0.2) is 0 Å². The highest BCUT2D eigenvalue weighted by atomic mass is 32.2. The van der Waals surface area contributed by atoms with Crippen molar-refractivity contribution < 1.29 is 27.9 Å². The van der Waals surface area contributed by atoms with Crippen molar-refractivity contribution in [2.24, 2.45) is 0 Å². The van der Waals surface area contributed by atoms with Gasteiger partial charge in [0.05, 0.1) is 20.3 Å². The first-order valence-corrected chi connectivity index (χ1v) is 9.11. The molecule has 2 rings (SSSR count). The second-order valence-corrected chi connectivity index (χ2v) is 6.63. The number of halogens is 3. The molecule has 29 heavy (non-hydrogen) atoms. The molecule has 1 saturated heterocycles. The first-order chi connectivity index (χ1) is 13.5. The van der Waals surface area contributed by atoms with Gasteiger partial charge in [0, 0.05) is 38.3 Å². The van der Waals surface area contributed by atoms with Crippen LogP contribution in [0, 0.1) is 30.3 Å². The van der Waals surface area contributed by atoms with Crippen molar-refractivity contribution in [2.45, 2.75) is 6.18 Å². The van der Waals surface area contributed by atoms with Crippen LogP contribution >= 0.6 is 11.8 Å². The Morgan fingerprint density at radius 2 is 1.52 bits per heavy atom. The molecule has 1 aliphatic heterocycles. The van der Waals surface area contributed by atoms with E-state index >= 15 is 0 Å². The summed E-state index contributed by atoms with van der Waals surface area (Å²) in [5.41, 5.74) is -4.05. The molecular formula is C14H14F3N5O6S. The second kappa shape index (κ2) is 8.50. The third-order valence-corrected chi connectivity index (χ3v) is 4.90. The number of rotatable bonds is 6. The van der Waals surface area contributed by atoms with E-state index in [0.717, 1.165) is 18.0 Å². The number of nitro benzene ring substituents is 2. The average molecular weight is 437 g/mol. The number of alkyl halides is 3. The van der Waals surface area contributed by atoms with Crippen LogP contribution in [0.5, 0.6) is 0 Å². The van der Waals surface area contributed by atoms with Crippen LogP contribution in [-0.2, 0) is 6.18 Å². The molecule has 1 aromatic carbocycles. The fourth-order valence-electron chi connectivity index (χ4n) is 2.87. The first-order valence-electron chi connectivity index (χ1n) is 7.89. The minimum atomic E-state index is -4.99. The number of hydrogen-bond donors (Lipinski definition) is 0. The van der Waals surface area contributed by atoms with Gasteiger partial charge in [-0.2, -0.15) is 13.2 Å². The number of thioether (sulfide) groups is 1. The highest BCUT2D eigenvalue weighted by Crippen LogP contribution is 2.43. The van der Waals surface area contributed by atoms with Crippen molar-refractivity contribution in [1.82, 2.24) is 4.90 Å². The van der Waals surface area contributed by atoms with Crippen LogP contribution in [0.25, 0.3) is 0 Å². The van der Waals surface area contributed by atoms with Crippen LogP contribution in [0.3, 0.4) is 0 Å². The molecule has 1 fully saturated rings. The molecule has 1 aromatic rings. The first kappa shape index (κ1) is 22.2. The summed E-state index contributed by atoms with van der Waals surface area (Å²) >= 11 is 1.11. The molecule has 11 nitrogen and oxygen atoms in total. The van der Waals surface area contributed by atoms with Crippen molar-refractivity contribution in [3.63, 3.8) is 0 Å². The fourth-order valence-corrected chi connectivity index (χ4v) is 3.51. The minimum absolute atomic E-state index is 0.0113. The van der Waals surface area contributed by atoms with Gasteiger partial charge in [0.25, 0.3) is 17.6 Å². The highest BCUT2D eigenvalue weighted by Gasteiger charge is 2.39. The van der Waals surface area contributed by atoms with E-state index in [0.29, 0.717) is 5.03 Å². The summed E-state index contributed by atoms with van der Waals surface area (Å²) < 4.78 is 39.0. The molecule has 158 valence electrons. The Morgan fingerprint density at radius 1 is 1.03 bits per heavy atom. The smallest absolute Gasteiger partial charge is 0.358 e. The number of anilines is 1. The van der Waals surface area contributed by atoms with Crippen LogP contribution < -0.4 is 4.90 Å². The monoisotopic (exact) mass is 437 g/mol. The van der Waals surface area contributed by atoms with Gasteiger partial charge in [-0.15, -0.1) is 11.8 Å². The van der Waals surface area contributed by atoms with E-state index in [-0.39, 0.29) is 38.3 Å².